The molecular weight excluding hydrogens is 289 g/mol. The predicted octanol–water partition coefficient (Wildman–Crippen LogP) is 3.48. The van der Waals surface area contributed by atoms with Crippen molar-refractivity contribution >= 4 is 22.9 Å². The van der Waals surface area contributed by atoms with E-state index in [9.17, 15) is 30.7 Å². The number of aromatic nitrogens is 2. The predicted molar refractivity (Wildman–Crippen MR) is 39.8 cm³/mol. The molecule has 0 aliphatic heterocycles. The molecule has 0 radical (unpaired) electrons. The smallest absolute Gasteiger partial charge is 0.191 e. The van der Waals surface area contributed by atoms with Crippen molar-refractivity contribution in [2.45, 2.75) is 18.0 Å². The molecule has 0 atom stereocenters. The number of nitrogens with zero attached hydrogens (tertiary/aromatic N) is 2. The van der Waals surface area contributed by atoms with E-state index < -0.39 is 27.5 Å². The van der Waals surface area contributed by atoms with E-state index in [2.05, 4.69) is 10.2 Å². The average Bonchev–Trinajstić information content (AvgIpc) is 2.49. The van der Waals surface area contributed by atoms with E-state index in [-0.39, 0.29) is 11.3 Å². The molecule has 1 aromatic heterocycles. The van der Waals surface area contributed by atoms with Crippen LogP contribution in [0.15, 0.2) is 0 Å². The van der Waals surface area contributed by atoms with Crippen molar-refractivity contribution in [3.05, 3.63) is 9.47 Å². The minimum absolute atomic E-state index is 0.249. The molecular formula is C5ClF7N2S. The summed E-state index contributed by atoms with van der Waals surface area (Å²) in [4.78, 5) is 0. The highest BCUT2D eigenvalue weighted by molar-refractivity contribution is 7.15. The third-order valence-corrected chi connectivity index (χ3v) is 2.51. The van der Waals surface area contributed by atoms with Gasteiger partial charge in [0.1, 0.15) is 0 Å². The zero-order valence-corrected chi connectivity index (χ0v) is 8.40. The van der Waals surface area contributed by atoms with Gasteiger partial charge in [-0.25, -0.2) is 0 Å². The van der Waals surface area contributed by atoms with Crippen molar-refractivity contribution in [2.24, 2.45) is 0 Å². The van der Waals surface area contributed by atoms with Gasteiger partial charge in [0.05, 0.1) is 0 Å². The van der Waals surface area contributed by atoms with Crippen LogP contribution < -0.4 is 0 Å². The lowest BCUT2D eigenvalue weighted by molar-refractivity contribution is -0.359. The third kappa shape index (κ3) is 1.95. The molecule has 0 fully saturated rings. The topological polar surface area (TPSA) is 25.8 Å². The van der Waals surface area contributed by atoms with Crippen LogP contribution >= 0.6 is 22.9 Å². The maximum atomic E-state index is 12.8. The normalized spacial score (nSPS) is 14.2. The molecule has 0 spiro atoms. The maximum Gasteiger partial charge on any atom is 0.460 e. The molecule has 11 heteroatoms. The zero-order valence-electron chi connectivity index (χ0n) is 6.83. The fourth-order valence-electron chi connectivity index (χ4n) is 0.645. The molecule has 0 bridgehead atoms. The summed E-state index contributed by atoms with van der Waals surface area (Å²) in [7, 11) is 0. The number of rotatable bonds is 2. The Kier molecular flexibility index (Phi) is 3.10. The number of hydrogen-bond donors (Lipinski definition) is 0. The summed E-state index contributed by atoms with van der Waals surface area (Å²) in [5, 5.41) is 3.41. The van der Waals surface area contributed by atoms with Crippen LogP contribution in [0.5, 0.6) is 0 Å². The summed E-state index contributed by atoms with van der Waals surface area (Å²) in [6.07, 6.45) is -6.39. The van der Waals surface area contributed by atoms with Gasteiger partial charge in [-0.05, 0) is 11.6 Å². The van der Waals surface area contributed by atoms with Gasteiger partial charge in [0.25, 0.3) is 0 Å². The molecule has 1 aromatic rings. The summed E-state index contributed by atoms with van der Waals surface area (Å²) in [5.74, 6) is -11.7. The Morgan fingerprint density at radius 2 is 1.44 bits per heavy atom. The lowest BCUT2D eigenvalue weighted by Crippen LogP contribution is -2.50. The van der Waals surface area contributed by atoms with E-state index in [0.717, 1.165) is 0 Å². The standard InChI is InChI=1S/C5ClF7N2S/c6-2-15-14-1(16-2)3(7,8)4(9,10)5(11,12)13. The van der Waals surface area contributed by atoms with Crippen LogP contribution in [0.25, 0.3) is 0 Å². The first-order valence-corrected chi connectivity index (χ1v) is 4.51. The van der Waals surface area contributed by atoms with E-state index >= 15 is 0 Å². The lowest BCUT2D eigenvalue weighted by Gasteiger charge is -2.25. The van der Waals surface area contributed by atoms with Crippen LogP contribution in [0.4, 0.5) is 30.7 Å². The summed E-state index contributed by atoms with van der Waals surface area (Å²) in [6, 6.07) is 0. The van der Waals surface area contributed by atoms with E-state index in [1.807, 2.05) is 0 Å². The van der Waals surface area contributed by atoms with Crippen LogP contribution in [-0.2, 0) is 5.92 Å². The van der Waals surface area contributed by atoms with Crippen molar-refractivity contribution in [3.63, 3.8) is 0 Å². The van der Waals surface area contributed by atoms with Crippen LogP contribution in [0.1, 0.15) is 5.01 Å². The Morgan fingerprint density at radius 3 is 1.75 bits per heavy atom. The van der Waals surface area contributed by atoms with Gasteiger partial charge in [-0.2, -0.15) is 30.7 Å². The van der Waals surface area contributed by atoms with Crippen molar-refractivity contribution in [1.82, 2.24) is 10.2 Å². The second-order valence-corrected chi connectivity index (χ2v) is 4.07. The molecule has 0 N–H and O–H groups in total. The fraction of sp³-hybridized carbons (Fsp3) is 0.600. The molecule has 0 saturated carbocycles. The molecule has 0 amide bonds. The molecule has 0 saturated heterocycles. The van der Waals surface area contributed by atoms with Crippen LogP contribution in [-0.4, -0.2) is 22.3 Å². The molecule has 1 heterocycles. The first-order chi connectivity index (χ1) is 7.00. The van der Waals surface area contributed by atoms with Gasteiger partial charge in [-0.1, -0.05) is 11.3 Å². The van der Waals surface area contributed by atoms with E-state index in [0.29, 0.717) is 0 Å². The van der Waals surface area contributed by atoms with Crippen LogP contribution in [0, 0.1) is 0 Å². The highest BCUT2D eigenvalue weighted by Crippen LogP contribution is 2.52. The summed E-state index contributed by atoms with van der Waals surface area (Å²) >= 11 is 4.77. The summed E-state index contributed by atoms with van der Waals surface area (Å²) in [5.41, 5.74) is 0. The van der Waals surface area contributed by atoms with Crippen LogP contribution in [0.3, 0.4) is 0 Å². The average molecular weight is 289 g/mol. The van der Waals surface area contributed by atoms with Crippen molar-refractivity contribution in [1.29, 1.82) is 0 Å². The van der Waals surface area contributed by atoms with Gasteiger partial charge in [0.2, 0.25) is 4.47 Å². The van der Waals surface area contributed by atoms with E-state index in [1.54, 1.807) is 0 Å². The Hall–Kier alpha value is -0.640. The fourth-order valence-corrected chi connectivity index (χ4v) is 1.48. The number of alkyl halides is 7. The number of hydrogen-bond acceptors (Lipinski definition) is 3. The minimum Gasteiger partial charge on any atom is -0.191 e. The largest absolute Gasteiger partial charge is 0.460 e. The Labute approximate surface area is 92.0 Å². The first-order valence-electron chi connectivity index (χ1n) is 3.32. The van der Waals surface area contributed by atoms with Gasteiger partial charge in [0, 0.05) is 0 Å². The van der Waals surface area contributed by atoms with Crippen LogP contribution in [0.2, 0.25) is 4.47 Å². The maximum absolute atomic E-state index is 12.8. The van der Waals surface area contributed by atoms with Crippen molar-refractivity contribution in [3.8, 4) is 0 Å². The van der Waals surface area contributed by atoms with E-state index in [1.165, 1.54) is 0 Å². The molecule has 0 aliphatic rings. The van der Waals surface area contributed by atoms with Crippen molar-refractivity contribution < 1.29 is 30.7 Å². The van der Waals surface area contributed by atoms with Crippen molar-refractivity contribution in [2.75, 3.05) is 0 Å². The quantitative estimate of drug-likeness (QED) is 0.779. The minimum atomic E-state index is -6.39. The SMILES string of the molecule is FC(F)(F)C(F)(F)C(F)(F)c1nnc(Cl)s1. The van der Waals surface area contributed by atoms with Gasteiger partial charge < -0.3 is 0 Å². The molecule has 16 heavy (non-hydrogen) atoms. The molecule has 0 aromatic carbocycles. The summed E-state index contributed by atoms with van der Waals surface area (Å²) in [6.45, 7) is 0. The number of halogens is 8. The molecule has 0 aliphatic carbocycles. The monoisotopic (exact) mass is 288 g/mol. The Balaban J connectivity index is 3.21. The Bertz CT molecular complexity index is 386. The highest BCUT2D eigenvalue weighted by atomic mass is 35.5. The first kappa shape index (κ1) is 13.4. The van der Waals surface area contributed by atoms with E-state index in [4.69, 9.17) is 11.6 Å². The molecule has 92 valence electrons. The second kappa shape index (κ2) is 3.69. The second-order valence-electron chi connectivity index (χ2n) is 2.51. The Morgan fingerprint density at radius 1 is 0.938 bits per heavy atom. The molecule has 1 rings (SSSR count). The third-order valence-electron chi connectivity index (χ3n) is 1.42. The van der Waals surface area contributed by atoms with Gasteiger partial charge in [0.15, 0.2) is 5.01 Å². The zero-order chi connectivity index (χ0) is 12.8. The molecule has 2 nitrogen and oxygen atoms in total. The lowest BCUT2D eigenvalue weighted by atomic mass is 10.2. The van der Waals surface area contributed by atoms with Gasteiger partial charge in [-0.15, -0.1) is 10.2 Å². The van der Waals surface area contributed by atoms with Gasteiger partial charge in [-0.3, -0.25) is 0 Å². The summed E-state index contributed by atoms with van der Waals surface area (Å²) < 4.78 is 85.0. The molecule has 0 unspecified atom stereocenters. The highest BCUT2D eigenvalue weighted by Gasteiger charge is 2.75. The van der Waals surface area contributed by atoms with Gasteiger partial charge >= 0.3 is 18.0 Å².